The van der Waals surface area contributed by atoms with Gasteiger partial charge in [-0.15, -0.1) is 0 Å². The molecule has 1 aromatic rings. The highest BCUT2D eigenvalue weighted by Gasteiger charge is 2.36. The van der Waals surface area contributed by atoms with Crippen molar-refractivity contribution in [1.29, 1.82) is 0 Å². The number of rotatable bonds is 1. The molecule has 0 bridgehead atoms. The van der Waals surface area contributed by atoms with Crippen LogP contribution in [0.4, 0.5) is 0 Å². The maximum Gasteiger partial charge on any atom is 0.337 e. The number of fused-ring (bicyclic) bond motifs is 1. The lowest BCUT2D eigenvalue weighted by atomic mass is 9.88. The van der Waals surface area contributed by atoms with Crippen LogP contribution in [0.5, 0.6) is 0 Å². The van der Waals surface area contributed by atoms with Gasteiger partial charge in [0.2, 0.25) is 0 Å². The Hall–Kier alpha value is -1.84. The first-order chi connectivity index (χ1) is 7.99. The van der Waals surface area contributed by atoms with Crippen molar-refractivity contribution < 1.29 is 14.7 Å². The van der Waals surface area contributed by atoms with E-state index < -0.39 is 0 Å². The van der Waals surface area contributed by atoms with Gasteiger partial charge in [0.05, 0.1) is 18.4 Å². The number of carbonyl (C=O) groups excluding carboxylic acids is 1. The van der Waals surface area contributed by atoms with E-state index in [1.807, 2.05) is 19.9 Å². The van der Waals surface area contributed by atoms with Crippen LogP contribution in [0.3, 0.4) is 0 Å². The molecule has 0 amide bonds. The van der Waals surface area contributed by atoms with Gasteiger partial charge in [-0.1, -0.05) is 25.1 Å². The fourth-order valence-electron chi connectivity index (χ4n) is 2.31. The molecule has 0 heterocycles. The zero-order valence-corrected chi connectivity index (χ0v) is 10.2. The van der Waals surface area contributed by atoms with Crippen LogP contribution in [-0.2, 0) is 11.2 Å². The third-order valence-corrected chi connectivity index (χ3v) is 3.16. The van der Waals surface area contributed by atoms with Gasteiger partial charge >= 0.3 is 5.97 Å². The molecule has 0 saturated carbocycles. The van der Waals surface area contributed by atoms with Gasteiger partial charge in [-0.3, -0.25) is 0 Å². The molecule has 2 rings (SSSR count). The molecule has 0 fully saturated rings. The Morgan fingerprint density at radius 2 is 2.18 bits per heavy atom. The molecule has 0 saturated heterocycles. The molecule has 4 heteroatoms. The van der Waals surface area contributed by atoms with Gasteiger partial charge in [0.15, 0.2) is 0 Å². The summed E-state index contributed by atoms with van der Waals surface area (Å²) in [5.41, 5.74) is 2.82. The normalized spacial score (nSPS) is 19.1. The van der Waals surface area contributed by atoms with Crippen molar-refractivity contribution in [2.75, 3.05) is 7.11 Å². The lowest BCUT2D eigenvalue weighted by Crippen LogP contribution is -2.20. The number of methoxy groups -OCH3 is 1. The van der Waals surface area contributed by atoms with Crippen LogP contribution < -0.4 is 0 Å². The fourth-order valence-corrected chi connectivity index (χ4v) is 2.31. The third kappa shape index (κ3) is 1.79. The van der Waals surface area contributed by atoms with Gasteiger partial charge in [0, 0.05) is 11.0 Å². The zero-order valence-electron chi connectivity index (χ0n) is 10.2. The van der Waals surface area contributed by atoms with E-state index in [0.29, 0.717) is 11.3 Å². The maximum absolute atomic E-state index is 11.4. The Morgan fingerprint density at radius 3 is 2.76 bits per heavy atom. The maximum atomic E-state index is 11.4. The van der Waals surface area contributed by atoms with Crippen molar-refractivity contribution in [2.45, 2.75) is 20.3 Å². The molecule has 90 valence electrons. The van der Waals surface area contributed by atoms with Gasteiger partial charge in [-0.25, -0.2) is 4.79 Å². The predicted octanol–water partition coefficient (Wildman–Crippen LogP) is 2.23. The molecule has 1 N–H and O–H groups in total. The first kappa shape index (κ1) is 11.6. The standard InChI is InChI=1S/C13H15NO3/c1-13(2)7-9-5-4-8(12(15)17-3)6-10(9)11(13)14-16/h4-6,16H,7H2,1-3H3. The number of oxime groups is 1. The number of hydrogen-bond acceptors (Lipinski definition) is 4. The third-order valence-electron chi connectivity index (χ3n) is 3.16. The number of benzene rings is 1. The fraction of sp³-hybridized carbons (Fsp3) is 0.385. The molecule has 1 aliphatic carbocycles. The van der Waals surface area contributed by atoms with E-state index in [1.54, 1.807) is 12.1 Å². The lowest BCUT2D eigenvalue weighted by Gasteiger charge is -2.16. The molecule has 0 atom stereocenters. The average Bonchev–Trinajstić information content (AvgIpc) is 2.56. The number of hydrogen-bond donors (Lipinski definition) is 1. The summed E-state index contributed by atoms with van der Waals surface area (Å²) in [6, 6.07) is 5.35. The van der Waals surface area contributed by atoms with E-state index in [9.17, 15) is 4.79 Å². The minimum atomic E-state index is -0.380. The van der Waals surface area contributed by atoms with Gasteiger partial charge in [0.25, 0.3) is 0 Å². The van der Waals surface area contributed by atoms with Crippen molar-refractivity contribution in [3.8, 4) is 0 Å². The Balaban J connectivity index is 2.52. The van der Waals surface area contributed by atoms with Gasteiger partial charge < -0.3 is 9.94 Å². The van der Waals surface area contributed by atoms with Crippen molar-refractivity contribution in [2.24, 2.45) is 10.6 Å². The second-order valence-corrected chi connectivity index (χ2v) is 4.87. The van der Waals surface area contributed by atoms with Crippen molar-refractivity contribution in [3.63, 3.8) is 0 Å². The second-order valence-electron chi connectivity index (χ2n) is 4.87. The summed E-state index contributed by atoms with van der Waals surface area (Å²) >= 11 is 0. The Morgan fingerprint density at radius 1 is 1.47 bits per heavy atom. The molecule has 17 heavy (non-hydrogen) atoms. The monoisotopic (exact) mass is 233 g/mol. The number of carbonyl (C=O) groups is 1. The summed E-state index contributed by atoms with van der Waals surface area (Å²) in [6.45, 7) is 4.03. The quantitative estimate of drug-likeness (QED) is 0.459. The van der Waals surface area contributed by atoms with Crippen LogP contribution >= 0.6 is 0 Å². The minimum absolute atomic E-state index is 0.203. The first-order valence-corrected chi connectivity index (χ1v) is 5.44. The van der Waals surface area contributed by atoms with Gasteiger partial charge in [-0.2, -0.15) is 0 Å². The molecule has 1 aromatic carbocycles. The topological polar surface area (TPSA) is 58.9 Å². The van der Waals surface area contributed by atoms with E-state index in [4.69, 9.17) is 5.21 Å². The number of esters is 1. The largest absolute Gasteiger partial charge is 0.465 e. The Bertz CT molecular complexity index is 503. The Kier molecular flexibility index (Phi) is 2.65. The zero-order chi connectivity index (χ0) is 12.6. The molecule has 0 aromatic heterocycles. The molecule has 0 radical (unpaired) electrons. The highest BCUT2D eigenvalue weighted by Crippen LogP contribution is 2.37. The Labute approximate surface area is 99.9 Å². The van der Waals surface area contributed by atoms with Crippen molar-refractivity contribution in [3.05, 3.63) is 34.9 Å². The molecule has 4 nitrogen and oxygen atoms in total. The molecule has 0 spiro atoms. The van der Waals surface area contributed by atoms with Crippen LogP contribution in [0.1, 0.15) is 35.3 Å². The second kappa shape index (κ2) is 3.87. The smallest absolute Gasteiger partial charge is 0.337 e. The number of nitrogens with zero attached hydrogens (tertiary/aromatic N) is 1. The van der Waals surface area contributed by atoms with Gasteiger partial charge in [0.1, 0.15) is 0 Å². The molecular formula is C13H15NO3. The van der Waals surface area contributed by atoms with E-state index in [0.717, 1.165) is 17.5 Å². The lowest BCUT2D eigenvalue weighted by molar-refractivity contribution is 0.0600. The SMILES string of the molecule is COC(=O)c1ccc2c(c1)C(=NO)C(C)(C)C2. The van der Waals surface area contributed by atoms with E-state index in [-0.39, 0.29) is 11.4 Å². The predicted molar refractivity (Wildman–Crippen MR) is 63.6 cm³/mol. The molecule has 0 unspecified atom stereocenters. The van der Waals surface area contributed by atoms with E-state index >= 15 is 0 Å². The number of ether oxygens (including phenoxy) is 1. The highest BCUT2D eigenvalue weighted by atomic mass is 16.5. The van der Waals surface area contributed by atoms with Crippen LogP contribution in [0.15, 0.2) is 23.4 Å². The summed E-state index contributed by atoms with van der Waals surface area (Å²) in [5, 5.41) is 12.5. The van der Waals surface area contributed by atoms with Crippen LogP contribution in [0.2, 0.25) is 0 Å². The van der Waals surface area contributed by atoms with Crippen molar-refractivity contribution in [1.82, 2.24) is 0 Å². The van der Waals surface area contributed by atoms with Crippen LogP contribution in [-0.4, -0.2) is 24.0 Å². The molecule has 0 aliphatic heterocycles. The van der Waals surface area contributed by atoms with Crippen LogP contribution in [0, 0.1) is 5.41 Å². The van der Waals surface area contributed by atoms with E-state index in [1.165, 1.54) is 7.11 Å². The summed E-state index contributed by atoms with van der Waals surface area (Å²) in [6.07, 6.45) is 0.809. The molecule has 1 aliphatic rings. The van der Waals surface area contributed by atoms with Crippen molar-refractivity contribution >= 4 is 11.7 Å². The summed E-state index contributed by atoms with van der Waals surface area (Å²) in [7, 11) is 1.35. The highest BCUT2D eigenvalue weighted by molar-refractivity contribution is 6.09. The van der Waals surface area contributed by atoms with E-state index in [2.05, 4.69) is 9.89 Å². The summed E-state index contributed by atoms with van der Waals surface area (Å²) in [5.74, 6) is -0.380. The van der Waals surface area contributed by atoms with Gasteiger partial charge in [-0.05, 0) is 24.1 Å². The first-order valence-electron chi connectivity index (χ1n) is 5.44. The van der Waals surface area contributed by atoms with Crippen LogP contribution in [0.25, 0.3) is 0 Å². The minimum Gasteiger partial charge on any atom is -0.465 e. The summed E-state index contributed by atoms with van der Waals surface area (Å²) < 4.78 is 4.68. The molecular weight excluding hydrogens is 218 g/mol. The summed E-state index contributed by atoms with van der Waals surface area (Å²) in [4.78, 5) is 11.4. The average molecular weight is 233 g/mol.